The summed E-state index contributed by atoms with van der Waals surface area (Å²) in [6, 6.07) is 8.68. The molecule has 102 valence electrons. The average molecular weight is 283 g/mol. The lowest BCUT2D eigenvalue weighted by Crippen LogP contribution is -2.23. The number of nitrogens with zero attached hydrogens (tertiary/aromatic N) is 2. The lowest BCUT2D eigenvalue weighted by molar-refractivity contribution is 0.553. The van der Waals surface area contributed by atoms with Crippen molar-refractivity contribution in [2.45, 2.75) is 19.4 Å². The van der Waals surface area contributed by atoms with Gasteiger partial charge in [-0.3, -0.25) is 9.97 Å². The quantitative estimate of drug-likeness (QED) is 0.777. The van der Waals surface area contributed by atoms with E-state index in [2.05, 4.69) is 51.2 Å². The maximum Gasteiger partial charge on any atom is 0.0934 e. The first-order valence-electron chi connectivity index (χ1n) is 6.82. The predicted octanol–water partition coefficient (Wildman–Crippen LogP) is 3.58. The van der Waals surface area contributed by atoms with Gasteiger partial charge < -0.3 is 5.32 Å². The Labute approximate surface area is 122 Å². The third kappa shape index (κ3) is 2.71. The SMILES string of the molecule is CCNC(Cc1ccsc1)c1cccc2nccnc12. The van der Waals surface area contributed by atoms with E-state index < -0.39 is 0 Å². The van der Waals surface area contributed by atoms with E-state index in [1.54, 1.807) is 23.7 Å². The van der Waals surface area contributed by atoms with Crippen LogP contribution in [0.25, 0.3) is 11.0 Å². The molecule has 2 heterocycles. The number of para-hydroxylation sites is 1. The van der Waals surface area contributed by atoms with E-state index in [9.17, 15) is 0 Å². The lowest BCUT2D eigenvalue weighted by Gasteiger charge is -2.19. The molecule has 3 aromatic rings. The van der Waals surface area contributed by atoms with Crippen LogP contribution >= 0.6 is 11.3 Å². The summed E-state index contributed by atoms with van der Waals surface area (Å²) in [5.74, 6) is 0. The van der Waals surface area contributed by atoms with Crippen molar-refractivity contribution in [3.63, 3.8) is 0 Å². The summed E-state index contributed by atoms with van der Waals surface area (Å²) in [6.07, 6.45) is 4.49. The van der Waals surface area contributed by atoms with Gasteiger partial charge in [0.1, 0.15) is 0 Å². The first-order valence-corrected chi connectivity index (χ1v) is 7.77. The Balaban J connectivity index is 2.00. The molecule has 1 aromatic carbocycles. The Bertz CT molecular complexity index is 674. The Morgan fingerprint density at radius 3 is 2.90 bits per heavy atom. The van der Waals surface area contributed by atoms with Crippen molar-refractivity contribution in [2.75, 3.05) is 6.54 Å². The van der Waals surface area contributed by atoms with Crippen LogP contribution in [0.4, 0.5) is 0 Å². The van der Waals surface area contributed by atoms with Crippen molar-refractivity contribution in [2.24, 2.45) is 0 Å². The van der Waals surface area contributed by atoms with Crippen LogP contribution in [-0.2, 0) is 6.42 Å². The first-order chi connectivity index (χ1) is 9.88. The summed E-state index contributed by atoms with van der Waals surface area (Å²) < 4.78 is 0. The van der Waals surface area contributed by atoms with Crippen LogP contribution < -0.4 is 5.32 Å². The molecule has 0 aliphatic carbocycles. The normalized spacial score (nSPS) is 12.7. The summed E-state index contributed by atoms with van der Waals surface area (Å²) in [6.45, 7) is 3.07. The highest BCUT2D eigenvalue weighted by Gasteiger charge is 2.15. The first kappa shape index (κ1) is 13.2. The fourth-order valence-corrected chi connectivity index (χ4v) is 3.16. The second kappa shape index (κ2) is 6.11. The molecule has 1 N–H and O–H groups in total. The molecule has 0 fully saturated rings. The van der Waals surface area contributed by atoms with Gasteiger partial charge in [0.05, 0.1) is 11.0 Å². The smallest absolute Gasteiger partial charge is 0.0934 e. The van der Waals surface area contributed by atoms with E-state index >= 15 is 0 Å². The molecule has 0 saturated carbocycles. The highest BCUT2D eigenvalue weighted by Crippen LogP contribution is 2.25. The van der Waals surface area contributed by atoms with Gasteiger partial charge >= 0.3 is 0 Å². The van der Waals surface area contributed by atoms with Gasteiger partial charge in [0.15, 0.2) is 0 Å². The summed E-state index contributed by atoms with van der Waals surface area (Å²) in [4.78, 5) is 8.91. The topological polar surface area (TPSA) is 37.8 Å². The minimum absolute atomic E-state index is 0.273. The number of benzene rings is 1. The molecule has 4 heteroatoms. The van der Waals surface area contributed by atoms with Crippen LogP contribution in [-0.4, -0.2) is 16.5 Å². The zero-order valence-corrected chi connectivity index (χ0v) is 12.2. The lowest BCUT2D eigenvalue weighted by atomic mass is 9.99. The Morgan fingerprint density at radius 2 is 2.10 bits per heavy atom. The number of aromatic nitrogens is 2. The molecule has 0 bridgehead atoms. The molecule has 0 spiro atoms. The number of fused-ring (bicyclic) bond motifs is 1. The summed E-state index contributed by atoms with van der Waals surface area (Å²) >= 11 is 1.74. The number of likely N-dealkylation sites (N-methyl/N-ethyl adjacent to an activating group) is 1. The van der Waals surface area contributed by atoms with Gasteiger partial charge in [0.2, 0.25) is 0 Å². The van der Waals surface area contributed by atoms with E-state index in [4.69, 9.17) is 0 Å². The van der Waals surface area contributed by atoms with Crippen LogP contribution in [0.2, 0.25) is 0 Å². The number of rotatable bonds is 5. The number of nitrogens with one attached hydrogen (secondary N) is 1. The maximum absolute atomic E-state index is 4.51. The van der Waals surface area contributed by atoms with Crippen LogP contribution in [0.5, 0.6) is 0 Å². The molecular formula is C16H17N3S. The van der Waals surface area contributed by atoms with Crippen LogP contribution in [0.15, 0.2) is 47.4 Å². The summed E-state index contributed by atoms with van der Waals surface area (Å²) in [5, 5.41) is 7.90. The zero-order valence-electron chi connectivity index (χ0n) is 11.4. The van der Waals surface area contributed by atoms with Gasteiger partial charge in [-0.15, -0.1) is 0 Å². The fraction of sp³-hybridized carbons (Fsp3) is 0.250. The van der Waals surface area contributed by atoms with Crippen molar-refractivity contribution in [3.8, 4) is 0 Å². The number of thiophene rings is 1. The van der Waals surface area contributed by atoms with Gasteiger partial charge in [0.25, 0.3) is 0 Å². The largest absolute Gasteiger partial charge is 0.310 e. The standard InChI is InChI=1S/C16H17N3S/c1-2-17-15(10-12-6-9-20-11-12)13-4-3-5-14-16(13)19-8-7-18-14/h3-9,11,15,17H,2,10H2,1H3. The van der Waals surface area contributed by atoms with Crippen molar-refractivity contribution in [3.05, 3.63) is 58.5 Å². The summed E-state index contributed by atoms with van der Waals surface area (Å²) in [5.41, 5.74) is 4.54. The van der Waals surface area contributed by atoms with E-state index in [-0.39, 0.29) is 6.04 Å². The minimum Gasteiger partial charge on any atom is -0.310 e. The minimum atomic E-state index is 0.273. The molecule has 0 aliphatic heterocycles. The van der Waals surface area contributed by atoms with Gasteiger partial charge in [-0.25, -0.2) is 0 Å². The predicted molar refractivity (Wildman–Crippen MR) is 84.0 cm³/mol. The molecule has 0 aliphatic rings. The Hall–Kier alpha value is -1.78. The molecule has 2 aromatic heterocycles. The number of hydrogen-bond acceptors (Lipinski definition) is 4. The molecule has 3 rings (SSSR count). The van der Waals surface area contributed by atoms with Crippen molar-refractivity contribution in [1.82, 2.24) is 15.3 Å². The molecule has 0 saturated heterocycles. The average Bonchev–Trinajstić information content (AvgIpc) is 2.99. The maximum atomic E-state index is 4.51. The van der Waals surface area contributed by atoms with Crippen molar-refractivity contribution in [1.29, 1.82) is 0 Å². The highest BCUT2D eigenvalue weighted by molar-refractivity contribution is 7.07. The van der Waals surface area contributed by atoms with E-state index in [0.717, 1.165) is 24.0 Å². The Kier molecular flexibility index (Phi) is 4.04. The van der Waals surface area contributed by atoms with Gasteiger partial charge in [-0.2, -0.15) is 11.3 Å². The second-order valence-electron chi connectivity index (χ2n) is 4.72. The number of hydrogen-bond donors (Lipinski definition) is 1. The molecule has 1 atom stereocenters. The van der Waals surface area contributed by atoms with E-state index in [1.165, 1.54) is 11.1 Å². The molecule has 20 heavy (non-hydrogen) atoms. The third-order valence-corrected chi connectivity index (χ3v) is 4.11. The zero-order chi connectivity index (χ0) is 13.8. The van der Waals surface area contributed by atoms with E-state index in [0.29, 0.717) is 0 Å². The molecule has 0 radical (unpaired) electrons. The molecular weight excluding hydrogens is 266 g/mol. The molecule has 3 nitrogen and oxygen atoms in total. The van der Waals surface area contributed by atoms with E-state index in [1.807, 2.05) is 6.07 Å². The second-order valence-corrected chi connectivity index (χ2v) is 5.50. The highest BCUT2D eigenvalue weighted by atomic mass is 32.1. The fourth-order valence-electron chi connectivity index (χ4n) is 2.48. The van der Waals surface area contributed by atoms with Crippen molar-refractivity contribution < 1.29 is 0 Å². The third-order valence-electron chi connectivity index (χ3n) is 3.38. The van der Waals surface area contributed by atoms with Gasteiger partial charge in [-0.05, 0) is 47.0 Å². The monoisotopic (exact) mass is 283 g/mol. The molecule has 0 amide bonds. The van der Waals surface area contributed by atoms with Gasteiger partial charge in [-0.1, -0.05) is 19.1 Å². The Morgan fingerprint density at radius 1 is 1.20 bits per heavy atom. The summed E-state index contributed by atoms with van der Waals surface area (Å²) in [7, 11) is 0. The van der Waals surface area contributed by atoms with Gasteiger partial charge in [0, 0.05) is 18.4 Å². The molecule has 1 unspecified atom stereocenters. The van der Waals surface area contributed by atoms with Crippen LogP contribution in [0.1, 0.15) is 24.1 Å². The van der Waals surface area contributed by atoms with Crippen molar-refractivity contribution >= 4 is 22.4 Å². The van der Waals surface area contributed by atoms with Crippen LogP contribution in [0.3, 0.4) is 0 Å². The van der Waals surface area contributed by atoms with Crippen LogP contribution in [0, 0.1) is 0 Å².